The normalized spacial score (nSPS) is 17.0. The molecule has 1 saturated heterocycles. The van der Waals surface area contributed by atoms with Gasteiger partial charge in [0.2, 0.25) is 0 Å². The highest BCUT2D eigenvalue weighted by Crippen LogP contribution is 2.33. The van der Waals surface area contributed by atoms with E-state index in [-0.39, 0.29) is 11.4 Å². The predicted molar refractivity (Wildman–Crippen MR) is 68.7 cm³/mol. The van der Waals surface area contributed by atoms with Gasteiger partial charge in [-0.3, -0.25) is 10.1 Å². The van der Waals surface area contributed by atoms with Crippen molar-refractivity contribution in [3.05, 3.63) is 28.3 Å². The quantitative estimate of drug-likeness (QED) is 0.475. The van der Waals surface area contributed by atoms with Crippen molar-refractivity contribution in [1.82, 2.24) is 0 Å². The molecular formula is C11H13N2O5S-. The molecule has 1 unspecified atom stereocenters. The van der Waals surface area contributed by atoms with Crippen LogP contribution in [0.4, 0.5) is 11.4 Å². The summed E-state index contributed by atoms with van der Waals surface area (Å²) >= 11 is -2.74. The van der Waals surface area contributed by atoms with E-state index in [1.54, 1.807) is 0 Å². The number of nitrogens with zero attached hydrogens (tertiary/aromatic N) is 2. The predicted octanol–water partition coefficient (Wildman–Crippen LogP) is 1.76. The van der Waals surface area contributed by atoms with Gasteiger partial charge in [-0.1, -0.05) is 0 Å². The molecule has 0 amide bonds. The molecule has 0 aromatic heterocycles. The van der Waals surface area contributed by atoms with Crippen molar-refractivity contribution in [3.63, 3.8) is 0 Å². The van der Waals surface area contributed by atoms with Crippen LogP contribution in [-0.2, 0) is 11.4 Å². The van der Waals surface area contributed by atoms with Gasteiger partial charge in [-0.25, -0.2) is 4.21 Å². The van der Waals surface area contributed by atoms with E-state index in [0.29, 0.717) is 5.69 Å². The number of nitro groups is 1. The lowest BCUT2D eigenvalue weighted by molar-refractivity contribution is -0.384. The first-order valence-corrected chi connectivity index (χ1v) is 6.89. The van der Waals surface area contributed by atoms with E-state index < -0.39 is 16.3 Å². The van der Waals surface area contributed by atoms with Gasteiger partial charge in [0.25, 0.3) is 5.69 Å². The largest absolute Gasteiger partial charge is 0.740 e. The van der Waals surface area contributed by atoms with E-state index >= 15 is 0 Å². The number of rotatable bonds is 4. The van der Waals surface area contributed by atoms with Gasteiger partial charge < -0.3 is 13.6 Å². The van der Waals surface area contributed by atoms with Crippen LogP contribution in [0.25, 0.3) is 0 Å². The van der Waals surface area contributed by atoms with Crippen LogP contribution in [0.3, 0.4) is 0 Å². The van der Waals surface area contributed by atoms with Crippen molar-refractivity contribution in [2.24, 2.45) is 0 Å². The number of anilines is 1. The van der Waals surface area contributed by atoms with Crippen LogP contribution < -0.4 is 9.08 Å². The van der Waals surface area contributed by atoms with E-state index in [2.05, 4.69) is 4.18 Å². The van der Waals surface area contributed by atoms with Gasteiger partial charge >= 0.3 is 0 Å². The molecule has 1 aliphatic rings. The molecule has 19 heavy (non-hydrogen) atoms. The van der Waals surface area contributed by atoms with Crippen LogP contribution in [0.2, 0.25) is 0 Å². The number of nitro benzene ring substituents is 1. The van der Waals surface area contributed by atoms with Gasteiger partial charge in [0.15, 0.2) is 0 Å². The highest BCUT2D eigenvalue weighted by molar-refractivity contribution is 7.74. The standard InChI is InChI=1S/C11H14N2O5S/c14-13(15)11-8-9(18-19(16)17)4-5-10(11)12-6-2-1-3-7-12/h4-5,8H,1-3,6-7H2,(H,16,17)/p-1. The van der Waals surface area contributed by atoms with E-state index in [1.807, 2.05) is 4.90 Å². The first-order chi connectivity index (χ1) is 9.08. The first kappa shape index (κ1) is 13.8. The van der Waals surface area contributed by atoms with Crippen LogP contribution in [-0.4, -0.2) is 26.8 Å². The zero-order chi connectivity index (χ0) is 13.8. The van der Waals surface area contributed by atoms with Crippen LogP contribution >= 0.6 is 0 Å². The number of hydrogen-bond donors (Lipinski definition) is 0. The summed E-state index contributed by atoms with van der Waals surface area (Å²) in [5.41, 5.74) is 0.374. The zero-order valence-electron chi connectivity index (χ0n) is 10.1. The average molecular weight is 285 g/mol. The number of piperidine rings is 1. The molecule has 0 N–H and O–H groups in total. The Hall–Kier alpha value is -1.67. The second kappa shape index (κ2) is 5.98. The molecule has 1 aromatic carbocycles. The Bertz CT molecular complexity index is 502. The molecular weight excluding hydrogens is 272 g/mol. The van der Waals surface area contributed by atoms with Crippen LogP contribution in [0.1, 0.15) is 19.3 Å². The Morgan fingerprint density at radius 2 is 1.95 bits per heavy atom. The van der Waals surface area contributed by atoms with Crippen molar-refractivity contribution in [2.75, 3.05) is 18.0 Å². The topological polar surface area (TPSA) is 95.7 Å². The van der Waals surface area contributed by atoms with E-state index in [1.165, 1.54) is 12.1 Å². The summed E-state index contributed by atoms with van der Waals surface area (Å²) in [5, 5.41) is 11.1. The minimum absolute atomic E-state index is 0.0548. The molecule has 1 fully saturated rings. The third-order valence-electron chi connectivity index (χ3n) is 3.00. The van der Waals surface area contributed by atoms with E-state index in [4.69, 9.17) is 0 Å². The summed E-state index contributed by atoms with van der Waals surface area (Å²) in [6.07, 6.45) is 3.13. The lowest BCUT2D eigenvalue weighted by atomic mass is 10.1. The van der Waals surface area contributed by atoms with Gasteiger partial charge in [0.05, 0.1) is 11.0 Å². The zero-order valence-corrected chi connectivity index (χ0v) is 10.9. The first-order valence-electron chi connectivity index (χ1n) is 5.89. The minimum atomic E-state index is -2.74. The molecule has 0 aliphatic carbocycles. The third kappa shape index (κ3) is 3.42. The molecule has 0 saturated carbocycles. The highest BCUT2D eigenvalue weighted by atomic mass is 32.2. The fourth-order valence-corrected chi connectivity index (χ4v) is 2.44. The monoisotopic (exact) mass is 285 g/mol. The van der Waals surface area contributed by atoms with Crippen molar-refractivity contribution in [1.29, 1.82) is 0 Å². The van der Waals surface area contributed by atoms with E-state index in [9.17, 15) is 18.9 Å². The lowest BCUT2D eigenvalue weighted by Gasteiger charge is -2.28. The van der Waals surface area contributed by atoms with Gasteiger partial charge in [-0.15, -0.1) is 0 Å². The maximum Gasteiger partial charge on any atom is 0.296 e. The minimum Gasteiger partial charge on any atom is -0.740 e. The van der Waals surface area contributed by atoms with Crippen molar-refractivity contribution >= 4 is 22.7 Å². The summed E-state index contributed by atoms with van der Waals surface area (Å²) in [5.74, 6) is -0.0548. The summed E-state index contributed by atoms with van der Waals surface area (Å²) in [7, 11) is 0. The Balaban J connectivity index is 2.31. The van der Waals surface area contributed by atoms with E-state index in [0.717, 1.165) is 38.4 Å². The van der Waals surface area contributed by atoms with Gasteiger partial charge in [-0.05, 0) is 31.4 Å². The fraction of sp³-hybridized carbons (Fsp3) is 0.455. The molecule has 0 bridgehead atoms. The second-order valence-corrected chi connectivity index (χ2v) is 4.82. The Morgan fingerprint density at radius 1 is 1.26 bits per heavy atom. The third-order valence-corrected chi connectivity index (χ3v) is 3.33. The number of hydrogen-bond acceptors (Lipinski definition) is 6. The van der Waals surface area contributed by atoms with Gasteiger partial charge in [0, 0.05) is 13.1 Å². The smallest absolute Gasteiger partial charge is 0.296 e. The summed E-state index contributed by atoms with van der Waals surface area (Å²) < 4.78 is 25.3. The fourth-order valence-electron chi connectivity index (χ4n) is 2.18. The molecule has 2 rings (SSSR count). The summed E-state index contributed by atoms with van der Waals surface area (Å²) in [4.78, 5) is 12.5. The molecule has 1 heterocycles. The SMILES string of the molecule is O=[N+]([O-])c1cc(OS(=O)[O-])ccc1N1CCCCC1. The molecule has 1 aliphatic heterocycles. The highest BCUT2D eigenvalue weighted by Gasteiger charge is 2.22. The summed E-state index contributed by atoms with van der Waals surface area (Å²) in [6, 6.07) is 4.10. The molecule has 1 aromatic rings. The van der Waals surface area contributed by atoms with Gasteiger partial charge in [0.1, 0.15) is 22.8 Å². The molecule has 7 nitrogen and oxygen atoms in total. The Labute approximate surface area is 112 Å². The molecule has 0 spiro atoms. The van der Waals surface area contributed by atoms with Crippen molar-refractivity contribution < 1.29 is 17.9 Å². The van der Waals surface area contributed by atoms with Crippen LogP contribution in [0.5, 0.6) is 5.75 Å². The van der Waals surface area contributed by atoms with Crippen LogP contribution in [0, 0.1) is 10.1 Å². The lowest BCUT2D eigenvalue weighted by Crippen LogP contribution is -2.29. The average Bonchev–Trinajstić information content (AvgIpc) is 2.39. The van der Waals surface area contributed by atoms with Crippen LogP contribution in [0.15, 0.2) is 18.2 Å². The molecule has 8 heteroatoms. The van der Waals surface area contributed by atoms with Gasteiger partial charge in [-0.2, -0.15) is 0 Å². The molecule has 104 valence electrons. The Kier molecular flexibility index (Phi) is 4.33. The van der Waals surface area contributed by atoms with Crippen molar-refractivity contribution in [2.45, 2.75) is 19.3 Å². The maximum atomic E-state index is 11.1. The molecule has 0 radical (unpaired) electrons. The maximum absolute atomic E-state index is 11.1. The second-order valence-electron chi connectivity index (χ2n) is 4.24. The summed E-state index contributed by atoms with van der Waals surface area (Å²) in [6.45, 7) is 1.54. The van der Waals surface area contributed by atoms with Crippen molar-refractivity contribution in [3.8, 4) is 5.75 Å². The Morgan fingerprint density at radius 3 is 2.53 bits per heavy atom. The number of benzene rings is 1. The molecule has 1 atom stereocenters.